The Bertz CT molecular complexity index is 1350. The van der Waals surface area contributed by atoms with E-state index in [-0.39, 0.29) is 30.6 Å². The average Bonchev–Trinajstić information content (AvgIpc) is 3.19. The number of aliphatic hydroxyl groups excluding tert-OH is 1. The zero-order chi connectivity index (χ0) is 27.4. The van der Waals surface area contributed by atoms with Crippen LogP contribution in [0.4, 0.5) is 0 Å². The zero-order valence-corrected chi connectivity index (χ0v) is 21.4. The summed E-state index contributed by atoms with van der Waals surface area (Å²) in [6.45, 7) is 8.65. The lowest BCUT2D eigenvalue weighted by molar-refractivity contribution is -0.344. The third kappa shape index (κ3) is 2.15. The summed E-state index contributed by atoms with van der Waals surface area (Å²) in [6, 6.07) is 0. The van der Waals surface area contributed by atoms with Crippen LogP contribution in [-0.4, -0.2) is 73.6 Å². The van der Waals surface area contributed by atoms with E-state index in [1.54, 1.807) is 19.9 Å². The largest absolute Gasteiger partial charge is 0.455 e. The summed E-state index contributed by atoms with van der Waals surface area (Å²) in [4.78, 5) is 54.4. The fourth-order valence-corrected chi connectivity index (χ4v) is 9.26. The Labute approximate surface area is 218 Å². The number of fused-ring (bicyclic) bond motifs is 9. The van der Waals surface area contributed by atoms with Crippen LogP contribution >= 0.6 is 0 Å². The number of hydrogen-bond donors (Lipinski definition) is 3. The molecule has 11 atom stereocenters. The van der Waals surface area contributed by atoms with Gasteiger partial charge >= 0.3 is 11.9 Å². The molecular formula is C28H30O10. The van der Waals surface area contributed by atoms with Gasteiger partial charge in [-0.15, -0.1) is 0 Å². The van der Waals surface area contributed by atoms with Gasteiger partial charge in [0.15, 0.2) is 28.4 Å². The molecular weight excluding hydrogens is 496 g/mol. The molecule has 1 spiro atoms. The summed E-state index contributed by atoms with van der Waals surface area (Å²) in [6.07, 6.45) is 2.38. The Kier molecular flexibility index (Phi) is 4.20. The van der Waals surface area contributed by atoms with Crippen molar-refractivity contribution in [2.45, 2.75) is 81.3 Å². The number of ketones is 2. The van der Waals surface area contributed by atoms with Crippen LogP contribution in [0.3, 0.4) is 0 Å². The molecule has 1 saturated carbocycles. The van der Waals surface area contributed by atoms with Crippen LogP contribution in [0.15, 0.2) is 36.0 Å². The molecule has 10 nitrogen and oxygen atoms in total. The van der Waals surface area contributed by atoms with Gasteiger partial charge in [-0.3, -0.25) is 9.59 Å². The number of esters is 2. The van der Waals surface area contributed by atoms with Gasteiger partial charge in [0, 0.05) is 11.0 Å². The van der Waals surface area contributed by atoms with Gasteiger partial charge < -0.3 is 29.5 Å². The number of ether oxygens (including phenoxy) is 3. The molecule has 0 aromatic rings. The maximum absolute atomic E-state index is 14.6. The molecule has 4 bridgehead atoms. The van der Waals surface area contributed by atoms with Gasteiger partial charge in [-0.2, -0.15) is 0 Å². The Balaban J connectivity index is 1.52. The Morgan fingerprint density at radius 1 is 1.11 bits per heavy atom. The maximum Gasteiger partial charge on any atom is 0.342 e. The summed E-state index contributed by atoms with van der Waals surface area (Å²) in [5.41, 5.74) is -8.34. The first-order valence-corrected chi connectivity index (χ1v) is 13.1. The van der Waals surface area contributed by atoms with E-state index in [4.69, 9.17) is 14.2 Å². The number of rotatable bonds is 0. The minimum absolute atomic E-state index is 0.00631. The molecule has 4 heterocycles. The van der Waals surface area contributed by atoms with Crippen molar-refractivity contribution in [2.75, 3.05) is 0 Å². The molecule has 0 aromatic carbocycles. The van der Waals surface area contributed by atoms with Crippen molar-refractivity contribution < 1.29 is 48.7 Å². The first-order valence-electron chi connectivity index (χ1n) is 13.1. The topological polar surface area (TPSA) is 157 Å². The van der Waals surface area contributed by atoms with Crippen molar-refractivity contribution in [3.05, 3.63) is 36.0 Å². The fourth-order valence-electron chi connectivity index (χ4n) is 9.26. The highest BCUT2D eigenvalue weighted by molar-refractivity contribution is 6.02. The van der Waals surface area contributed by atoms with Crippen LogP contribution in [0.1, 0.15) is 46.5 Å². The molecule has 5 fully saturated rings. The lowest BCUT2D eigenvalue weighted by Gasteiger charge is -2.60. The highest BCUT2D eigenvalue weighted by atomic mass is 16.7. The minimum atomic E-state index is -2.71. The third-order valence-electron chi connectivity index (χ3n) is 11.3. The number of aliphatic hydroxyl groups is 3. The lowest BCUT2D eigenvalue weighted by Crippen LogP contribution is -2.77. The molecule has 202 valence electrons. The summed E-state index contributed by atoms with van der Waals surface area (Å²) in [5, 5.41) is 36.0. The second-order valence-electron chi connectivity index (χ2n) is 12.7. The van der Waals surface area contributed by atoms with Gasteiger partial charge in [0.1, 0.15) is 6.10 Å². The van der Waals surface area contributed by atoms with Crippen molar-refractivity contribution in [1.29, 1.82) is 0 Å². The summed E-state index contributed by atoms with van der Waals surface area (Å²) in [5.74, 6) is -9.26. The fraction of sp³-hybridized carbons (Fsp3) is 0.643. The second kappa shape index (κ2) is 6.55. The number of carbonyl (C=O) groups excluding carboxylic acids is 4. The highest BCUT2D eigenvalue weighted by Gasteiger charge is 2.92. The van der Waals surface area contributed by atoms with Gasteiger partial charge in [-0.05, 0) is 51.5 Å². The monoisotopic (exact) mass is 526 g/mol. The number of carbonyl (C=O) groups is 4. The molecule has 38 heavy (non-hydrogen) atoms. The van der Waals surface area contributed by atoms with Crippen molar-refractivity contribution in [3.63, 3.8) is 0 Å². The second-order valence-corrected chi connectivity index (χ2v) is 12.7. The van der Waals surface area contributed by atoms with Crippen LogP contribution in [0, 0.1) is 28.6 Å². The predicted octanol–water partition coefficient (Wildman–Crippen LogP) is 0.430. The quantitative estimate of drug-likeness (QED) is 0.230. The average molecular weight is 527 g/mol. The normalized spacial score (nSPS) is 56.2. The van der Waals surface area contributed by atoms with Crippen LogP contribution in [-0.2, 0) is 33.4 Å². The highest BCUT2D eigenvalue weighted by Crippen LogP contribution is 2.73. The number of hydrogen-bond acceptors (Lipinski definition) is 10. The first kappa shape index (κ1) is 24.4. The van der Waals surface area contributed by atoms with E-state index in [1.165, 1.54) is 19.1 Å². The van der Waals surface area contributed by atoms with Crippen LogP contribution in [0.25, 0.3) is 0 Å². The van der Waals surface area contributed by atoms with E-state index in [0.717, 1.165) is 0 Å². The van der Waals surface area contributed by atoms with E-state index in [0.29, 0.717) is 12.0 Å². The molecule has 0 aromatic heterocycles. The molecule has 0 amide bonds. The Morgan fingerprint density at radius 3 is 2.53 bits per heavy atom. The zero-order valence-electron chi connectivity index (χ0n) is 21.4. The van der Waals surface area contributed by atoms with Gasteiger partial charge in [-0.25, -0.2) is 9.59 Å². The minimum Gasteiger partial charge on any atom is -0.455 e. The van der Waals surface area contributed by atoms with Crippen molar-refractivity contribution >= 4 is 23.5 Å². The molecule has 4 unspecified atom stereocenters. The Hall–Kier alpha value is -2.66. The molecule has 0 radical (unpaired) electrons. The van der Waals surface area contributed by atoms with Crippen LogP contribution in [0.5, 0.6) is 0 Å². The van der Waals surface area contributed by atoms with E-state index in [2.05, 4.69) is 6.58 Å². The van der Waals surface area contributed by atoms with Gasteiger partial charge in [-0.1, -0.05) is 31.2 Å². The first-order chi connectivity index (χ1) is 17.6. The molecule has 4 saturated heterocycles. The van der Waals surface area contributed by atoms with E-state index in [9.17, 15) is 34.5 Å². The molecule has 3 N–H and O–H groups in total. The van der Waals surface area contributed by atoms with Gasteiger partial charge in [0.25, 0.3) is 0 Å². The summed E-state index contributed by atoms with van der Waals surface area (Å²) < 4.78 is 17.8. The van der Waals surface area contributed by atoms with Gasteiger partial charge in [0.2, 0.25) is 5.79 Å². The number of allylic oxidation sites excluding steroid dienone is 3. The van der Waals surface area contributed by atoms with Gasteiger partial charge in [0.05, 0.1) is 23.4 Å². The molecule has 10 heteroatoms. The van der Waals surface area contributed by atoms with Crippen molar-refractivity contribution in [1.82, 2.24) is 0 Å². The van der Waals surface area contributed by atoms with Crippen LogP contribution in [0.2, 0.25) is 0 Å². The van der Waals surface area contributed by atoms with E-state index >= 15 is 0 Å². The molecule has 4 aliphatic heterocycles. The lowest BCUT2D eigenvalue weighted by atomic mass is 9.47. The smallest absolute Gasteiger partial charge is 0.342 e. The SMILES string of the molecule is C=C1C(=O)O[C@@H]2C[C@@]1(C)C1C(=O)C3(O)O[C@@]14C(O)(CC[C@H]1C3[C@H](O)C=C3CC=CC(=O)[C@@]31C)C(=O)O[C@@]24C. The standard InChI is InChI=1S/C28H30O10/c1-12-21(32)36-17-11-23(12,2)19-20(31)27(35)18-14(24(3)13(10-15(18)29)6-5-7-16(24)30)8-9-26(34)22(33)37-25(17,4)28(19,26)38-27/h5,7,10,14-15,17-19,29,34-35H,1,6,8-9,11H2,2-4H3/t14-,15+,17+,18?,19?,23+,24-,25-,26?,27?,28-/m0/s1. The summed E-state index contributed by atoms with van der Waals surface area (Å²) >= 11 is 0. The van der Waals surface area contributed by atoms with Crippen LogP contribution < -0.4 is 0 Å². The summed E-state index contributed by atoms with van der Waals surface area (Å²) in [7, 11) is 0. The van der Waals surface area contributed by atoms with Crippen molar-refractivity contribution in [2.24, 2.45) is 28.6 Å². The van der Waals surface area contributed by atoms with E-state index in [1.807, 2.05) is 0 Å². The molecule has 7 rings (SSSR count). The predicted molar refractivity (Wildman–Crippen MR) is 126 cm³/mol. The molecule has 7 aliphatic rings. The molecule has 3 aliphatic carbocycles. The Morgan fingerprint density at radius 2 is 1.82 bits per heavy atom. The van der Waals surface area contributed by atoms with Crippen molar-refractivity contribution in [3.8, 4) is 0 Å². The number of Topliss-reactive ketones (excluding diaryl/α,β-unsaturated/α-hetero) is 1. The maximum atomic E-state index is 14.6. The van der Waals surface area contributed by atoms with E-state index < -0.39 is 81.1 Å². The third-order valence-corrected chi connectivity index (χ3v) is 11.3.